The molecule has 0 atom stereocenters. The first-order valence-electron chi connectivity index (χ1n) is 10.3. The number of rotatable bonds is 6. The molecule has 0 saturated carbocycles. The lowest BCUT2D eigenvalue weighted by molar-refractivity contribution is -0.0147. The van der Waals surface area contributed by atoms with Crippen LogP contribution in [0.4, 0.5) is 4.79 Å². The molecule has 0 unspecified atom stereocenters. The predicted octanol–water partition coefficient (Wildman–Crippen LogP) is 2.18. The Morgan fingerprint density at radius 1 is 0.960 bits per heavy atom. The lowest BCUT2D eigenvalue weighted by Gasteiger charge is -2.41. The summed E-state index contributed by atoms with van der Waals surface area (Å²) in [5.41, 5.74) is 0. The summed E-state index contributed by atoms with van der Waals surface area (Å²) >= 11 is 0. The molecule has 6 heteroatoms. The summed E-state index contributed by atoms with van der Waals surface area (Å²) in [4.78, 5) is 18.8. The van der Waals surface area contributed by atoms with Crippen LogP contribution in [0.15, 0.2) is 0 Å². The van der Waals surface area contributed by atoms with Gasteiger partial charge >= 0.3 is 6.09 Å². The molecule has 0 radical (unpaired) electrons. The van der Waals surface area contributed by atoms with E-state index in [9.17, 15) is 4.79 Å². The SMILES string of the molecule is CCOC(=O)N1CCC(N2CCC(OCCN3CCCC3)CC2)CC1. The van der Waals surface area contributed by atoms with E-state index >= 15 is 0 Å². The van der Waals surface area contributed by atoms with Gasteiger partial charge in [-0.15, -0.1) is 0 Å². The standard InChI is InChI=1S/C19H35N3O3/c1-2-24-19(23)22-11-5-17(6-12-22)21-13-7-18(8-14-21)25-16-15-20-9-3-4-10-20/h17-18H,2-16H2,1H3. The number of hydrogen-bond acceptors (Lipinski definition) is 5. The zero-order valence-corrected chi connectivity index (χ0v) is 15.8. The van der Waals surface area contributed by atoms with Crippen molar-refractivity contribution in [2.45, 2.75) is 57.6 Å². The monoisotopic (exact) mass is 353 g/mol. The third-order valence-electron chi connectivity index (χ3n) is 5.94. The highest BCUT2D eigenvalue weighted by Gasteiger charge is 2.30. The molecule has 0 aromatic carbocycles. The highest BCUT2D eigenvalue weighted by atomic mass is 16.6. The van der Waals surface area contributed by atoms with Crippen LogP contribution < -0.4 is 0 Å². The molecule has 3 fully saturated rings. The Bertz CT molecular complexity index is 399. The van der Waals surface area contributed by atoms with Crippen LogP contribution in [0.3, 0.4) is 0 Å². The summed E-state index contributed by atoms with van der Waals surface area (Å²) in [6.07, 6.45) is 7.44. The van der Waals surface area contributed by atoms with Gasteiger partial charge in [0.25, 0.3) is 0 Å². The van der Waals surface area contributed by atoms with Gasteiger partial charge < -0.3 is 24.2 Å². The fourth-order valence-corrected chi connectivity index (χ4v) is 4.39. The molecule has 0 aliphatic carbocycles. The van der Waals surface area contributed by atoms with Gasteiger partial charge in [0.05, 0.1) is 19.3 Å². The second-order valence-electron chi connectivity index (χ2n) is 7.57. The lowest BCUT2D eigenvalue weighted by atomic mass is 9.99. The minimum atomic E-state index is -0.147. The Morgan fingerprint density at radius 2 is 1.64 bits per heavy atom. The molecule has 0 spiro atoms. The molecule has 144 valence electrons. The van der Waals surface area contributed by atoms with Crippen LogP contribution in [-0.4, -0.2) is 92.0 Å². The number of carbonyl (C=O) groups excluding carboxylic acids is 1. The summed E-state index contributed by atoms with van der Waals surface area (Å²) in [6.45, 7) is 10.8. The van der Waals surface area contributed by atoms with Gasteiger partial charge in [0.2, 0.25) is 0 Å². The van der Waals surface area contributed by atoms with E-state index in [4.69, 9.17) is 9.47 Å². The molecule has 3 aliphatic rings. The van der Waals surface area contributed by atoms with Crippen molar-refractivity contribution in [3.8, 4) is 0 Å². The number of ether oxygens (including phenoxy) is 2. The van der Waals surface area contributed by atoms with Gasteiger partial charge in [-0.25, -0.2) is 4.79 Å². The van der Waals surface area contributed by atoms with Gasteiger partial charge in [0.1, 0.15) is 0 Å². The molecule has 6 nitrogen and oxygen atoms in total. The molecule has 3 heterocycles. The van der Waals surface area contributed by atoms with Crippen molar-refractivity contribution in [3.05, 3.63) is 0 Å². The topological polar surface area (TPSA) is 45.3 Å². The van der Waals surface area contributed by atoms with E-state index in [0.717, 1.165) is 65.0 Å². The van der Waals surface area contributed by atoms with Crippen LogP contribution in [0.5, 0.6) is 0 Å². The van der Waals surface area contributed by atoms with E-state index in [2.05, 4.69) is 9.80 Å². The Hall–Kier alpha value is -0.850. The second-order valence-corrected chi connectivity index (χ2v) is 7.57. The van der Waals surface area contributed by atoms with Gasteiger partial charge in [-0.1, -0.05) is 0 Å². The van der Waals surface area contributed by atoms with E-state index in [1.807, 2.05) is 11.8 Å². The van der Waals surface area contributed by atoms with Crippen LogP contribution in [0.1, 0.15) is 45.4 Å². The van der Waals surface area contributed by atoms with Gasteiger partial charge in [0, 0.05) is 38.8 Å². The molecule has 25 heavy (non-hydrogen) atoms. The fraction of sp³-hybridized carbons (Fsp3) is 0.947. The molecule has 0 aromatic heterocycles. The summed E-state index contributed by atoms with van der Waals surface area (Å²) in [5.74, 6) is 0. The molecule has 3 saturated heterocycles. The highest BCUT2D eigenvalue weighted by Crippen LogP contribution is 2.22. The first-order chi connectivity index (χ1) is 12.3. The molecule has 3 aliphatic heterocycles. The first kappa shape index (κ1) is 18.9. The van der Waals surface area contributed by atoms with Gasteiger partial charge in [-0.05, 0) is 58.5 Å². The average Bonchev–Trinajstić information content (AvgIpc) is 3.16. The van der Waals surface area contributed by atoms with Crippen LogP contribution >= 0.6 is 0 Å². The van der Waals surface area contributed by atoms with E-state index in [1.54, 1.807) is 0 Å². The molecule has 3 rings (SSSR count). The quantitative estimate of drug-likeness (QED) is 0.732. The van der Waals surface area contributed by atoms with Crippen molar-refractivity contribution in [1.29, 1.82) is 0 Å². The van der Waals surface area contributed by atoms with Crippen LogP contribution in [-0.2, 0) is 9.47 Å². The van der Waals surface area contributed by atoms with Crippen LogP contribution in [0.2, 0.25) is 0 Å². The second kappa shape index (κ2) is 9.74. The summed E-state index contributed by atoms with van der Waals surface area (Å²) in [5, 5.41) is 0. The number of amides is 1. The number of likely N-dealkylation sites (tertiary alicyclic amines) is 3. The highest BCUT2D eigenvalue weighted by molar-refractivity contribution is 5.67. The predicted molar refractivity (Wildman–Crippen MR) is 97.8 cm³/mol. The Morgan fingerprint density at radius 3 is 2.28 bits per heavy atom. The molecule has 0 bridgehead atoms. The number of hydrogen-bond donors (Lipinski definition) is 0. The largest absolute Gasteiger partial charge is 0.450 e. The van der Waals surface area contributed by atoms with Crippen LogP contribution in [0.25, 0.3) is 0 Å². The summed E-state index contributed by atoms with van der Waals surface area (Å²) in [7, 11) is 0. The smallest absolute Gasteiger partial charge is 0.409 e. The normalized spacial score (nSPS) is 24.8. The Kier molecular flexibility index (Phi) is 7.37. The van der Waals surface area contributed by atoms with E-state index < -0.39 is 0 Å². The molecular weight excluding hydrogens is 318 g/mol. The van der Waals surface area contributed by atoms with Crippen LogP contribution in [0, 0.1) is 0 Å². The van der Waals surface area contributed by atoms with Crippen molar-refractivity contribution >= 4 is 6.09 Å². The Labute approximate surface area is 152 Å². The minimum absolute atomic E-state index is 0.147. The molecular formula is C19H35N3O3. The van der Waals surface area contributed by atoms with Gasteiger partial charge in [-0.3, -0.25) is 0 Å². The van der Waals surface area contributed by atoms with Crippen molar-refractivity contribution in [2.24, 2.45) is 0 Å². The number of piperidine rings is 2. The van der Waals surface area contributed by atoms with Crippen molar-refractivity contribution in [1.82, 2.24) is 14.7 Å². The zero-order valence-electron chi connectivity index (χ0n) is 15.8. The third-order valence-corrected chi connectivity index (χ3v) is 5.94. The molecule has 0 aromatic rings. The number of nitrogens with zero attached hydrogens (tertiary/aromatic N) is 3. The van der Waals surface area contributed by atoms with E-state index in [0.29, 0.717) is 18.8 Å². The maximum absolute atomic E-state index is 11.8. The lowest BCUT2D eigenvalue weighted by Crippen LogP contribution is -2.50. The van der Waals surface area contributed by atoms with E-state index in [-0.39, 0.29) is 6.09 Å². The Balaban J connectivity index is 1.29. The maximum Gasteiger partial charge on any atom is 0.409 e. The average molecular weight is 354 g/mol. The third kappa shape index (κ3) is 5.56. The summed E-state index contributed by atoms with van der Waals surface area (Å²) in [6, 6.07) is 0.622. The number of carbonyl (C=O) groups is 1. The van der Waals surface area contributed by atoms with Crippen molar-refractivity contribution in [2.75, 3.05) is 59.0 Å². The summed E-state index contributed by atoms with van der Waals surface area (Å²) < 4.78 is 11.2. The van der Waals surface area contributed by atoms with Crippen molar-refractivity contribution in [3.63, 3.8) is 0 Å². The first-order valence-corrected chi connectivity index (χ1v) is 10.3. The maximum atomic E-state index is 11.8. The molecule has 0 N–H and O–H groups in total. The molecule has 1 amide bonds. The van der Waals surface area contributed by atoms with Gasteiger partial charge in [0.15, 0.2) is 0 Å². The van der Waals surface area contributed by atoms with Gasteiger partial charge in [-0.2, -0.15) is 0 Å². The van der Waals surface area contributed by atoms with E-state index in [1.165, 1.54) is 25.9 Å². The fourth-order valence-electron chi connectivity index (χ4n) is 4.39. The minimum Gasteiger partial charge on any atom is -0.450 e. The zero-order chi connectivity index (χ0) is 17.5. The van der Waals surface area contributed by atoms with Crippen molar-refractivity contribution < 1.29 is 14.3 Å².